The average Bonchev–Trinajstić information content (AvgIpc) is 2.85. The van der Waals surface area contributed by atoms with Crippen LogP contribution in [0.4, 0.5) is 4.39 Å². The number of aromatic nitrogens is 2. The van der Waals surface area contributed by atoms with Gasteiger partial charge >= 0.3 is 0 Å². The van der Waals surface area contributed by atoms with Crippen molar-refractivity contribution in [3.63, 3.8) is 0 Å². The molecule has 0 radical (unpaired) electrons. The second-order valence-corrected chi connectivity index (χ2v) is 4.44. The molecule has 1 aromatic carbocycles. The SMILES string of the molecule is NCc1ccn2c(-c3ccc(F)cc3)c(C=O)nc2c1. The number of halogens is 1. The first-order valence-electron chi connectivity index (χ1n) is 6.15. The molecule has 4 nitrogen and oxygen atoms in total. The van der Waals surface area contributed by atoms with Gasteiger partial charge in [0.1, 0.15) is 17.2 Å². The van der Waals surface area contributed by atoms with Crippen LogP contribution in [0.2, 0.25) is 0 Å². The van der Waals surface area contributed by atoms with Crippen molar-refractivity contribution in [2.75, 3.05) is 0 Å². The molecule has 0 fully saturated rings. The predicted molar refractivity (Wildman–Crippen MR) is 73.9 cm³/mol. The van der Waals surface area contributed by atoms with Crippen LogP contribution in [0.25, 0.3) is 16.9 Å². The van der Waals surface area contributed by atoms with Crippen molar-refractivity contribution >= 4 is 11.9 Å². The highest BCUT2D eigenvalue weighted by atomic mass is 19.1. The van der Waals surface area contributed by atoms with Crippen LogP contribution in [0, 0.1) is 5.82 Å². The number of carbonyl (C=O) groups is 1. The highest BCUT2D eigenvalue weighted by Gasteiger charge is 2.13. The Morgan fingerprint density at radius 3 is 2.65 bits per heavy atom. The van der Waals surface area contributed by atoms with E-state index in [-0.39, 0.29) is 5.82 Å². The van der Waals surface area contributed by atoms with E-state index in [1.165, 1.54) is 12.1 Å². The predicted octanol–water partition coefficient (Wildman–Crippen LogP) is 2.41. The van der Waals surface area contributed by atoms with Gasteiger partial charge in [-0.2, -0.15) is 0 Å². The third kappa shape index (κ3) is 1.98. The fourth-order valence-corrected chi connectivity index (χ4v) is 2.21. The van der Waals surface area contributed by atoms with Crippen molar-refractivity contribution < 1.29 is 9.18 Å². The van der Waals surface area contributed by atoms with Crippen molar-refractivity contribution in [1.82, 2.24) is 9.38 Å². The molecule has 0 saturated heterocycles. The summed E-state index contributed by atoms with van der Waals surface area (Å²) in [6.07, 6.45) is 2.52. The van der Waals surface area contributed by atoms with Gasteiger partial charge in [0.15, 0.2) is 6.29 Å². The molecule has 0 aliphatic heterocycles. The number of nitrogens with two attached hydrogens (primary N) is 1. The van der Waals surface area contributed by atoms with Crippen LogP contribution in [0.3, 0.4) is 0 Å². The lowest BCUT2D eigenvalue weighted by Gasteiger charge is -2.04. The van der Waals surface area contributed by atoms with Crippen LogP contribution in [-0.2, 0) is 6.54 Å². The molecular weight excluding hydrogens is 257 g/mol. The minimum absolute atomic E-state index is 0.319. The summed E-state index contributed by atoms with van der Waals surface area (Å²) < 4.78 is 14.8. The molecule has 0 bridgehead atoms. The third-order valence-corrected chi connectivity index (χ3v) is 3.18. The summed E-state index contributed by atoms with van der Waals surface area (Å²) in [7, 11) is 0. The van der Waals surface area contributed by atoms with E-state index in [4.69, 9.17) is 5.73 Å². The average molecular weight is 269 g/mol. The highest BCUT2D eigenvalue weighted by Crippen LogP contribution is 2.25. The lowest BCUT2D eigenvalue weighted by molar-refractivity contribution is 0.112. The van der Waals surface area contributed by atoms with E-state index in [0.717, 1.165) is 11.1 Å². The van der Waals surface area contributed by atoms with Gasteiger partial charge in [0, 0.05) is 18.3 Å². The third-order valence-electron chi connectivity index (χ3n) is 3.18. The number of hydrogen-bond acceptors (Lipinski definition) is 3. The molecule has 2 aromatic heterocycles. The van der Waals surface area contributed by atoms with E-state index in [9.17, 15) is 9.18 Å². The molecule has 0 aliphatic rings. The Balaban J connectivity index is 2.27. The van der Waals surface area contributed by atoms with E-state index in [2.05, 4.69) is 4.98 Å². The maximum absolute atomic E-state index is 13.0. The lowest BCUT2D eigenvalue weighted by atomic mass is 10.1. The number of carbonyl (C=O) groups excluding carboxylic acids is 1. The van der Waals surface area contributed by atoms with Gasteiger partial charge in [-0.05, 0) is 42.0 Å². The monoisotopic (exact) mass is 269 g/mol. The summed E-state index contributed by atoms with van der Waals surface area (Å²) in [4.78, 5) is 15.5. The molecule has 20 heavy (non-hydrogen) atoms. The number of nitrogens with zero attached hydrogens (tertiary/aromatic N) is 2. The maximum atomic E-state index is 13.0. The number of aldehydes is 1. The minimum atomic E-state index is -0.319. The number of hydrogen-bond donors (Lipinski definition) is 1. The molecule has 3 aromatic rings. The number of rotatable bonds is 3. The highest BCUT2D eigenvalue weighted by molar-refractivity contribution is 5.86. The smallest absolute Gasteiger partial charge is 0.170 e. The van der Waals surface area contributed by atoms with Crippen molar-refractivity contribution in [3.8, 4) is 11.3 Å². The quantitative estimate of drug-likeness (QED) is 0.743. The van der Waals surface area contributed by atoms with Crippen LogP contribution in [-0.4, -0.2) is 15.7 Å². The molecule has 0 spiro atoms. The Morgan fingerprint density at radius 2 is 2.00 bits per heavy atom. The van der Waals surface area contributed by atoms with E-state index < -0.39 is 0 Å². The summed E-state index contributed by atoms with van der Waals surface area (Å²) in [5.41, 5.74) is 8.89. The van der Waals surface area contributed by atoms with Gasteiger partial charge in [0.2, 0.25) is 0 Å². The molecule has 0 saturated carbocycles. The number of fused-ring (bicyclic) bond motifs is 1. The Bertz CT molecular complexity index is 778. The van der Waals surface area contributed by atoms with Crippen LogP contribution in [0.5, 0.6) is 0 Å². The molecule has 100 valence electrons. The molecule has 0 unspecified atom stereocenters. The van der Waals surface area contributed by atoms with Gasteiger partial charge in [-0.25, -0.2) is 9.37 Å². The molecule has 2 N–H and O–H groups in total. The Morgan fingerprint density at radius 1 is 1.25 bits per heavy atom. The minimum Gasteiger partial charge on any atom is -0.326 e. The fourth-order valence-electron chi connectivity index (χ4n) is 2.21. The summed E-state index contributed by atoms with van der Waals surface area (Å²) in [5.74, 6) is -0.319. The zero-order chi connectivity index (χ0) is 14.1. The van der Waals surface area contributed by atoms with E-state index >= 15 is 0 Å². The standard InChI is InChI=1S/C15H12FN3O/c16-12-3-1-11(2-4-12)15-13(9-20)18-14-7-10(8-17)5-6-19(14)15/h1-7,9H,8,17H2. The molecule has 3 rings (SSSR count). The molecule has 5 heteroatoms. The van der Waals surface area contributed by atoms with E-state index in [0.29, 0.717) is 29.9 Å². The zero-order valence-corrected chi connectivity index (χ0v) is 10.6. The van der Waals surface area contributed by atoms with Crippen LogP contribution in [0.15, 0.2) is 42.6 Å². The van der Waals surface area contributed by atoms with Crippen molar-refractivity contribution in [2.24, 2.45) is 5.73 Å². The fraction of sp³-hybridized carbons (Fsp3) is 0.0667. The van der Waals surface area contributed by atoms with Crippen LogP contribution in [0.1, 0.15) is 16.1 Å². The van der Waals surface area contributed by atoms with Gasteiger partial charge in [-0.3, -0.25) is 9.20 Å². The molecule has 0 amide bonds. The van der Waals surface area contributed by atoms with Gasteiger partial charge < -0.3 is 5.73 Å². The largest absolute Gasteiger partial charge is 0.326 e. The van der Waals surface area contributed by atoms with Crippen molar-refractivity contribution in [2.45, 2.75) is 6.54 Å². The topological polar surface area (TPSA) is 60.4 Å². The summed E-state index contributed by atoms with van der Waals surface area (Å²) in [6, 6.07) is 9.68. The Hall–Kier alpha value is -2.53. The van der Waals surface area contributed by atoms with Gasteiger partial charge in [-0.15, -0.1) is 0 Å². The number of imidazole rings is 1. The van der Waals surface area contributed by atoms with Crippen LogP contribution < -0.4 is 5.73 Å². The number of benzene rings is 1. The molecule has 0 aliphatic carbocycles. The summed E-state index contributed by atoms with van der Waals surface area (Å²) in [5, 5.41) is 0. The van der Waals surface area contributed by atoms with Gasteiger partial charge in [-0.1, -0.05) is 0 Å². The normalized spacial score (nSPS) is 10.9. The van der Waals surface area contributed by atoms with Gasteiger partial charge in [0.05, 0.1) is 5.69 Å². The molecular formula is C15H12FN3O. The van der Waals surface area contributed by atoms with E-state index in [1.54, 1.807) is 16.5 Å². The van der Waals surface area contributed by atoms with Gasteiger partial charge in [0.25, 0.3) is 0 Å². The maximum Gasteiger partial charge on any atom is 0.170 e. The van der Waals surface area contributed by atoms with E-state index in [1.807, 2.05) is 18.3 Å². The zero-order valence-electron chi connectivity index (χ0n) is 10.6. The first-order chi connectivity index (χ1) is 9.72. The summed E-state index contributed by atoms with van der Waals surface area (Å²) >= 11 is 0. The first-order valence-corrected chi connectivity index (χ1v) is 6.15. The Labute approximate surface area is 114 Å². The number of pyridine rings is 1. The lowest BCUT2D eigenvalue weighted by Crippen LogP contribution is -1.97. The second-order valence-electron chi connectivity index (χ2n) is 4.44. The molecule has 0 atom stereocenters. The second kappa shape index (κ2) is 4.86. The molecule has 2 heterocycles. The summed E-state index contributed by atoms with van der Waals surface area (Å²) in [6.45, 7) is 0.408. The first kappa shape index (κ1) is 12.5. The van der Waals surface area contributed by atoms with Crippen molar-refractivity contribution in [1.29, 1.82) is 0 Å². The Kier molecular flexibility index (Phi) is 3.04. The van der Waals surface area contributed by atoms with Crippen LogP contribution >= 0.6 is 0 Å². The van der Waals surface area contributed by atoms with Crippen molar-refractivity contribution in [3.05, 3.63) is 59.7 Å².